The summed E-state index contributed by atoms with van der Waals surface area (Å²) in [5, 5.41) is 11.0. The second kappa shape index (κ2) is 11.4. The van der Waals surface area contributed by atoms with Crippen LogP contribution < -0.4 is 19.6 Å². The highest BCUT2D eigenvalue weighted by atomic mass is 16.6. The van der Waals surface area contributed by atoms with E-state index in [2.05, 4.69) is 4.98 Å². The van der Waals surface area contributed by atoms with Crippen molar-refractivity contribution >= 4 is 0 Å². The Morgan fingerprint density at radius 1 is 0.923 bits per heavy atom. The third-order valence-corrected chi connectivity index (χ3v) is 7.22. The molecule has 39 heavy (non-hydrogen) atoms. The normalized spacial score (nSPS) is 19.1. The number of aliphatic hydroxyl groups is 1. The molecule has 1 aliphatic rings. The number of aromatic nitrogens is 2. The predicted molar refractivity (Wildman–Crippen MR) is 145 cm³/mol. The molecule has 1 aromatic heterocycles. The van der Waals surface area contributed by atoms with E-state index in [0.717, 1.165) is 28.2 Å². The van der Waals surface area contributed by atoms with Crippen LogP contribution in [-0.4, -0.2) is 43.1 Å². The van der Waals surface area contributed by atoms with Crippen molar-refractivity contribution in [2.45, 2.75) is 37.4 Å². The summed E-state index contributed by atoms with van der Waals surface area (Å²) in [6, 6.07) is 25.6. The van der Waals surface area contributed by atoms with Crippen molar-refractivity contribution in [3.63, 3.8) is 0 Å². The minimum absolute atomic E-state index is 0.119. The molecule has 0 saturated carbocycles. The van der Waals surface area contributed by atoms with Crippen LogP contribution in [0.1, 0.15) is 34.9 Å². The zero-order valence-corrected chi connectivity index (χ0v) is 22.2. The van der Waals surface area contributed by atoms with E-state index >= 15 is 0 Å². The maximum Gasteiger partial charge on any atom is 0.337 e. The monoisotopic (exact) mass is 529 g/mol. The summed E-state index contributed by atoms with van der Waals surface area (Å²) in [4.78, 5) is 14.5. The molecule has 2 heterocycles. The van der Waals surface area contributed by atoms with Crippen molar-refractivity contribution in [1.82, 2.24) is 4.98 Å². The van der Waals surface area contributed by atoms with Gasteiger partial charge in [-0.1, -0.05) is 54.6 Å². The van der Waals surface area contributed by atoms with E-state index in [-0.39, 0.29) is 12.2 Å². The summed E-state index contributed by atoms with van der Waals surface area (Å²) < 4.78 is 25.7. The quantitative estimate of drug-likeness (QED) is 0.254. The van der Waals surface area contributed by atoms with Crippen LogP contribution in [0, 0.1) is 6.92 Å². The zero-order chi connectivity index (χ0) is 27.4. The largest absolute Gasteiger partial charge is 0.497 e. The van der Waals surface area contributed by atoms with Crippen molar-refractivity contribution in [3.8, 4) is 11.5 Å². The summed E-state index contributed by atoms with van der Waals surface area (Å²) in [7, 11) is 3.27. The lowest BCUT2D eigenvalue weighted by molar-refractivity contribution is -0.762. The summed E-state index contributed by atoms with van der Waals surface area (Å²) in [6.07, 6.45) is 1.89. The van der Waals surface area contributed by atoms with E-state index in [1.165, 1.54) is 0 Å². The van der Waals surface area contributed by atoms with Gasteiger partial charge in [-0.2, -0.15) is 0 Å². The Balaban J connectivity index is 1.53. The Kier molecular flexibility index (Phi) is 7.79. The molecule has 2 N–H and O–H groups in total. The van der Waals surface area contributed by atoms with Crippen molar-refractivity contribution in [2.75, 3.05) is 20.8 Å². The van der Waals surface area contributed by atoms with Crippen LogP contribution in [-0.2, 0) is 15.1 Å². The number of hydrogen-bond donors (Lipinski definition) is 2. The van der Waals surface area contributed by atoms with Gasteiger partial charge < -0.3 is 24.1 Å². The number of ether oxygens (including phenoxy) is 4. The molecule has 5 rings (SSSR count). The van der Waals surface area contributed by atoms with Crippen LogP contribution in [0.15, 0.2) is 96.2 Å². The molecule has 3 aromatic carbocycles. The number of nitrogens with one attached hydrogen (secondary N) is 1. The van der Waals surface area contributed by atoms with Gasteiger partial charge in [0.2, 0.25) is 12.6 Å². The van der Waals surface area contributed by atoms with E-state index in [1.807, 2.05) is 78.9 Å². The van der Waals surface area contributed by atoms with Gasteiger partial charge in [-0.25, -0.2) is 14.3 Å². The third kappa shape index (κ3) is 5.31. The highest BCUT2D eigenvalue weighted by Crippen LogP contribution is 2.42. The molecule has 0 aliphatic carbocycles. The minimum atomic E-state index is -1.01. The number of aryl methyl sites for hydroxylation is 1. The zero-order valence-electron chi connectivity index (χ0n) is 22.2. The molecule has 202 valence electrons. The average molecular weight is 530 g/mol. The molecular formula is C31H33N2O6+. The Bertz CT molecular complexity index is 1390. The van der Waals surface area contributed by atoms with Crippen molar-refractivity contribution in [2.24, 2.45) is 0 Å². The second-order valence-corrected chi connectivity index (χ2v) is 9.61. The maximum absolute atomic E-state index is 11.8. The fraction of sp³-hybridized carbons (Fsp3) is 0.290. The van der Waals surface area contributed by atoms with Gasteiger partial charge in [-0.15, -0.1) is 0 Å². The van der Waals surface area contributed by atoms with E-state index < -0.39 is 24.0 Å². The number of H-pyrrole nitrogens is 1. The van der Waals surface area contributed by atoms with Gasteiger partial charge in [0.1, 0.15) is 29.4 Å². The first-order valence-electron chi connectivity index (χ1n) is 12.9. The highest BCUT2D eigenvalue weighted by Gasteiger charge is 2.42. The molecule has 0 bridgehead atoms. The van der Waals surface area contributed by atoms with Gasteiger partial charge in [0.05, 0.1) is 32.5 Å². The van der Waals surface area contributed by atoms with Crippen LogP contribution >= 0.6 is 0 Å². The molecule has 8 heteroatoms. The predicted octanol–water partition coefficient (Wildman–Crippen LogP) is 3.65. The van der Waals surface area contributed by atoms with E-state index in [1.54, 1.807) is 38.2 Å². The van der Waals surface area contributed by atoms with Gasteiger partial charge >= 0.3 is 5.56 Å². The lowest BCUT2D eigenvalue weighted by Crippen LogP contribution is -2.42. The summed E-state index contributed by atoms with van der Waals surface area (Å²) in [5.74, 6) is 1.47. The summed E-state index contributed by atoms with van der Waals surface area (Å²) >= 11 is 0. The van der Waals surface area contributed by atoms with Crippen molar-refractivity contribution < 1.29 is 28.6 Å². The molecule has 3 unspecified atom stereocenters. The number of nitrogens with zero attached hydrogens (tertiary/aromatic N) is 1. The van der Waals surface area contributed by atoms with Crippen LogP contribution in [0.5, 0.6) is 11.5 Å². The fourth-order valence-corrected chi connectivity index (χ4v) is 5.06. The molecule has 0 radical (unpaired) electrons. The number of rotatable bonds is 9. The fourth-order valence-electron chi connectivity index (χ4n) is 5.06. The first-order valence-corrected chi connectivity index (χ1v) is 12.9. The van der Waals surface area contributed by atoms with Gasteiger partial charge in [-0.05, 0) is 47.9 Å². The van der Waals surface area contributed by atoms with Crippen molar-refractivity contribution in [1.29, 1.82) is 0 Å². The van der Waals surface area contributed by atoms with Gasteiger partial charge in [-0.3, -0.25) is 0 Å². The number of aromatic amines is 1. The van der Waals surface area contributed by atoms with Gasteiger partial charge in [0.15, 0.2) is 0 Å². The van der Waals surface area contributed by atoms with Crippen molar-refractivity contribution in [3.05, 3.63) is 124 Å². The summed E-state index contributed by atoms with van der Waals surface area (Å²) in [6.45, 7) is 1.85. The highest BCUT2D eigenvalue weighted by molar-refractivity contribution is 5.49. The van der Waals surface area contributed by atoms with Crippen LogP contribution in [0.25, 0.3) is 0 Å². The average Bonchev–Trinajstić information content (AvgIpc) is 3.36. The Hall–Kier alpha value is -3.98. The molecule has 0 spiro atoms. The lowest BCUT2D eigenvalue weighted by atomic mass is 9.80. The van der Waals surface area contributed by atoms with Crippen LogP contribution in [0.2, 0.25) is 0 Å². The molecule has 3 atom stereocenters. The molecular weight excluding hydrogens is 496 g/mol. The summed E-state index contributed by atoms with van der Waals surface area (Å²) in [5.41, 5.74) is 2.12. The van der Waals surface area contributed by atoms with Crippen LogP contribution in [0.4, 0.5) is 0 Å². The minimum Gasteiger partial charge on any atom is -0.497 e. The molecule has 4 aromatic rings. The maximum atomic E-state index is 11.8. The smallest absolute Gasteiger partial charge is 0.337 e. The molecule has 1 saturated heterocycles. The second-order valence-electron chi connectivity index (χ2n) is 9.61. The van der Waals surface area contributed by atoms with E-state index in [0.29, 0.717) is 12.0 Å². The molecule has 8 nitrogen and oxygen atoms in total. The number of methoxy groups -OCH3 is 2. The topological polar surface area (TPSA) is 93.9 Å². The first-order chi connectivity index (χ1) is 18.9. The van der Waals surface area contributed by atoms with E-state index in [4.69, 9.17) is 18.9 Å². The Morgan fingerprint density at radius 2 is 1.49 bits per heavy atom. The molecule has 1 aliphatic heterocycles. The first kappa shape index (κ1) is 26.6. The Morgan fingerprint density at radius 3 is 2.03 bits per heavy atom. The molecule has 1 fully saturated rings. The molecule has 0 amide bonds. The number of aliphatic hydroxyl groups excluding tert-OH is 1. The Labute approximate surface area is 227 Å². The third-order valence-electron chi connectivity index (χ3n) is 7.22. The number of benzene rings is 3. The van der Waals surface area contributed by atoms with E-state index in [9.17, 15) is 9.90 Å². The SMILES string of the molecule is COc1ccc(C(OCC2OC([n+]3c[nH]c(=O)c(C)c3)CC2O)(c2ccccc2)c2ccc(OC)cc2)cc1. The standard InChI is InChI=1S/C31H32N2O6/c1-21-18-33(20-32-30(21)35)29-17-27(34)28(39-29)19-38-31(22-7-5-4-6-8-22,23-9-13-25(36-2)14-10-23)24-11-15-26(37-3)16-12-24/h4-16,18,20,27-29,34H,17,19H2,1-3H3/p+1. The van der Waals surface area contributed by atoms with Gasteiger partial charge in [0.25, 0.3) is 0 Å². The number of hydrogen-bond acceptors (Lipinski definition) is 6. The lowest BCUT2D eigenvalue weighted by Gasteiger charge is -2.37. The van der Waals surface area contributed by atoms with Gasteiger partial charge in [0, 0.05) is 6.42 Å². The van der Waals surface area contributed by atoms with Crippen LogP contribution in [0.3, 0.4) is 0 Å².